The number of likely N-dealkylation sites (tertiary alicyclic amines) is 1. The van der Waals surface area contributed by atoms with Crippen molar-refractivity contribution in [3.05, 3.63) is 24.0 Å². The van der Waals surface area contributed by atoms with Gasteiger partial charge in [-0.1, -0.05) is 0 Å². The molecule has 24 heavy (non-hydrogen) atoms. The summed E-state index contributed by atoms with van der Waals surface area (Å²) < 4.78 is 11.1. The van der Waals surface area contributed by atoms with Gasteiger partial charge in [0, 0.05) is 37.6 Å². The lowest BCUT2D eigenvalue weighted by Gasteiger charge is -2.44. The Kier molecular flexibility index (Phi) is 5.15. The first-order chi connectivity index (χ1) is 11.4. The molecule has 2 aliphatic rings. The highest BCUT2D eigenvalue weighted by Gasteiger charge is 2.37. The van der Waals surface area contributed by atoms with Gasteiger partial charge in [0.25, 0.3) is 0 Å². The minimum Gasteiger partial charge on any atom is -0.444 e. The molecule has 134 valence electrons. The number of carbonyl (C=O) groups is 1. The second-order valence-electron chi connectivity index (χ2n) is 7.64. The van der Waals surface area contributed by atoms with E-state index in [1.165, 1.54) is 0 Å². The molecule has 2 atom stereocenters. The molecule has 1 aromatic rings. The highest BCUT2D eigenvalue weighted by atomic mass is 16.6. The monoisotopic (exact) mass is 335 g/mol. The molecule has 0 aliphatic carbocycles. The highest BCUT2D eigenvalue weighted by Crippen LogP contribution is 2.33. The Balaban J connectivity index is 1.74. The number of piperidine rings is 1. The second-order valence-corrected chi connectivity index (χ2v) is 7.64. The van der Waals surface area contributed by atoms with Crippen LogP contribution in [0.25, 0.3) is 0 Å². The van der Waals surface area contributed by atoms with Crippen molar-refractivity contribution in [3.8, 4) is 0 Å². The molecule has 2 fully saturated rings. The first-order valence-electron chi connectivity index (χ1n) is 8.89. The smallest absolute Gasteiger partial charge is 0.410 e. The van der Waals surface area contributed by atoms with Crippen molar-refractivity contribution in [1.29, 1.82) is 0 Å². The van der Waals surface area contributed by atoms with Gasteiger partial charge in [-0.25, -0.2) is 4.79 Å². The Morgan fingerprint density at radius 2 is 2.04 bits per heavy atom. The SMILES string of the molecule is CC(C)(C)OC(=O)N1CCC(N2CCOCC2)CC1c1ccc[nH]1. The van der Waals surface area contributed by atoms with Crippen LogP contribution in [-0.2, 0) is 9.47 Å². The summed E-state index contributed by atoms with van der Waals surface area (Å²) in [4.78, 5) is 20.3. The number of morpholine rings is 1. The molecule has 6 heteroatoms. The van der Waals surface area contributed by atoms with E-state index >= 15 is 0 Å². The lowest BCUT2D eigenvalue weighted by Crippen LogP contribution is -2.51. The quantitative estimate of drug-likeness (QED) is 0.903. The Morgan fingerprint density at radius 3 is 2.67 bits per heavy atom. The van der Waals surface area contributed by atoms with Gasteiger partial charge in [0.15, 0.2) is 0 Å². The zero-order chi connectivity index (χ0) is 17.2. The fourth-order valence-electron chi connectivity index (χ4n) is 3.61. The lowest BCUT2D eigenvalue weighted by molar-refractivity contribution is -0.0237. The van der Waals surface area contributed by atoms with Crippen molar-refractivity contribution in [2.24, 2.45) is 0 Å². The van der Waals surface area contributed by atoms with Crippen LogP contribution in [0.3, 0.4) is 0 Å². The molecule has 3 rings (SSSR count). The average Bonchev–Trinajstić information content (AvgIpc) is 3.08. The lowest BCUT2D eigenvalue weighted by atomic mass is 9.93. The zero-order valence-corrected chi connectivity index (χ0v) is 15.0. The molecule has 1 aromatic heterocycles. The second kappa shape index (κ2) is 7.15. The van der Waals surface area contributed by atoms with Crippen molar-refractivity contribution < 1.29 is 14.3 Å². The standard InChI is InChI=1S/C18H29N3O3/c1-18(2,3)24-17(22)21-8-6-14(20-9-11-23-12-10-20)13-16(21)15-5-4-7-19-15/h4-5,7,14,16,19H,6,8-13H2,1-3H3. The van der Waals surface area contributed by atoms with Crippen molar-refractivity contribution in [2.75, 3.05) is 32.8 Å². The Hall–Kier alpha value is -1.53. The van der Waals surface area contributed by atoms with Gasteiger partial charge in [0.05, 0.1) is 19.3 Å². The molecule has 0 aromatic carbocycles. The van der Waals surface area contributed by atoms with Gasteiger partial charge in [0.1, 0.15) is 5.60 Å². The number of ether oxygens (including phenoxy) is 2. The summed E-state index contributed by atoms with van der Waals surface area (Å²) in [5.74, 6) is 0. The highest BCUT2D eigenvalue weighted by molar-refractivity contribution is 5.69. The first kappa shape index (κ1) is 17.3. The Bertz CT molecular complexity index is 532. The molecule has 2 saturated heterocycles. The Labute approximate surface area is 144 Å². The number of aromatic amines is 1. The molecule has 6 nitrogen and oxygen atoms in total. The van der Waals surface area contributed by atoms with E-state index in [0.717, 1.165) is 51.4 Å². The maximum Gasteiger partial charge on any atom is 0.410 e. The normalized spacial score (nSPS) is 26.4. The van der Waals surface area contributed by atoms with E-state index in [-0.39, 0.29) is 12.1 Å². The molecule has 0 bridgehead atoms. The molecular weight excluding hydrogens is 306 g/mol. The number of nitrogens with zero attached hydrogens (tertiary/aromatic N) is 2. The van der Waals surface area contributed by atoms with Crippen molar-refractivity contribution in [1.82, 2.24) is 14.8 Å². The predicted molar refractivity (Wildman–Crippen MR) is 91.9 cm³/mol. The van der Waals surface area contributed by atoms with Crippen molar-refractivity contribution in [2.45, 2.75) is 51.3 Å². The van der Waals surface area contributed by atoms with Crippen LogP contribution in [0.15, 0.2) is 18.3 Å². The summed E-state index contributed by atoms with van der Waals surface area (Å²) in [5, 5.41) is 0. The number of rotatable bonds is 2. The average molecular weight is 335 g/mol. The summed E-state index contributed by atoms with van der Waals surface area (Å²) >= 11 is 0. The molecule has 1 N–H and O–H groups in total. The van der Waals surface area contributed by atoms with E-state index in [4.69, 9.17) is 9.47 Å². The molecule has 1 amide bonds. The van der Waals surface area contributed by atoms with Crippen LogP contribution in [0.4, 0.5) is 4.79 Å². The van der Waals surface area contributed by atoms with Gasteiger partial charge >= 0.3 is 6.09 Å². The molecular formula is C18H29N3O3. The third-order valence-electron chi connectivity index (χ3n) is 4.75. The van der Waals surface area contributed by atoms with Gasteiger partial charge in [-0.05, 0) is 45.7 Å². The largest absolute Gasteiger partial charge is 0.444 e. The van der Waals surface area contributed by atoms with E-state index in [0.29, 0.717) is 6.04 Å². The molecule has 0 spiro atoms. The number of H-pyrrole nitrogens is 1. The van der Waals surface area contributed by atoms with E-state index in [9.17, 15) is 4.79 Å². The maximum absolute atomic E-state index is 12.7. The summed E-state index contributed by atoms with van der Waals surface area (Å²) in [6.07, 6.45) is 3.61. The van der Waals surface area contributed by atoms with Crippen LogP contribution >= 0.6 is 0 Å². The number of hydrogen-bond donors (Lipinski definition) is 1. The minimum atomic E-state index is -0.474. The fraction of sp³-hybridized carbons (Fsp3) is 0.722. The van der Waals surface area contributed by atoms with Crippen LogP contribution in [0.2, 0.25) is 0 Å². The first-order valence-corrected chi connectivity index (χ1v) is 8.89. The minimum absolute atomic E-state index is 0.0384. The number of nitrogens with one attached hydrogen (secondary N) is 1. The summed E-state index contributed by atoms with van der Waals surface area (Å²) in [6.45, 7) is 10.0. The van der Waals surface area contributed by atoms with Gasteiger partial charge in [-0.3, -0.25) is 9.80 Å². The van der Waals surface area contributed by atoms with Gasteiger partial charge < -0.3 is 14.5 Å². The molecule has 2 unspecified atom stereocenters. The summed E-state index contributed by atoms with van der Waals surface area (Å²) in [6, 6.07) is 4.57. The number of amides is 1. The molecule has 2 aliphatic heterocycles. The van der Waals surface area contributed by atoms with E-state index in [2.05, 4.69) is 16.0 Å². The summed E-state index contributed by atoms with van der Waals surface area (Å²) in [7, 11) is 0. The van der Waals surface area contributed by atoms with Gasteiger partial charge in [-0.2, -0.15) is 0 Å². The maximum atomic E-state index is 12.7. The molecule has 0 saturated carbocycles. The van der Waals surface area contributed by atoms with Crippen LogP contribution in [0, 0.1) is 0 Å². The van der Waals surface area contributed by atoms with E-state index in [1.54, 1.807) is 0 Å². The third kappa shape index (κ3) is 4.11. The number of carbonyl (C=O) groups excluding carboxylic acids is 1. The van der Waals surface area contributed by atoms with Crippen LogP contribution in [0.5, 0.6) is 0 Å². The van der Waals surface area contributed by atoms with Crippen molar-refractivity contribution >= 4 is 6.09 Å². The van der Waals surface area contributed by atoms with Crippen LogP contribution in [0.1, 0.15) is 45.3 Å². The topological polar surface area (TPSA) is 57.8 Å². The van der Waals surface area contributed by atoms with E-state index in [1.807, 2.05) is 37.9 Å². The Morgan fingerprint density at radius 1 is 1.29 bits per heavy atom. The van der Waals surface area contributed by atoms with Crippen LogP contribution in [-0.4, -0.2) is 65.4 Å². The molecule has 3 heterocycles. The summed E-state index contributed by atoms with van der Waals surface area (Å²) in [5.41, 5.74) is 0.608. The van der Waals surface area contributed by atoms with Crippen molar-refractivity contribution in [3.63, 3.8) is 0 Å². The number of hydrogen-bond acceptors (Lipinski definition) is 4. The van der Waals surface area contributed by atoms with Gasteiger partial charge in [-0.15, -0.1) is 0 Å². The van der Waals surface area contributed by atoms with E-state index < -0.39 is 5.60 Å². The predicted octanol–water partition coefficient (Wildman–Crippen LogP) is 2.79. The zero-order valence-electron chi connectivity index (χ0n) is 15.0. The number of aromatic nitrogens is 1. The fourth-order valence-corrected chi connectivity index (χ4v) is 3.61. The van der Waals surface area contributed by atoms with Crippen LogP contribution < -0.4 is 0 Å². The third-order valence-corrected chi connectivity index (χ3v) is 4.75. The van der Waals surface area contributed by atoms with Gasteiger partial charge in [0.2, 0.25) is 0 Å². The molecule has 0 radical (unpaired) electrons.